The fourth-order valence-electron chi connectivity index (χ4n) is 2.36. The zero-order valence-electron chi connectivity index (χ0n) is 12.9. The maximum absolute atomic E-state index is 12.4. The van der Waals surface area contributed by atoms with E-state index in [0.29, 0.717) is 30.3 Å². The van der Waals surface area contributed by atoms with Gasteiger partial charge in [-0.1, -0.05) is 15.9 Å². The number of carbonyl (C=O) groups excluding carboxylic acids is 1. The van der Waals surface area contributed by atoms with E-state index in [0.717, 1.165) is 10.2 Å². The first kappa shape index (κ1) is 18.8. The summed E-state index contributed by atoms with van der Waals surface area (Å²) in [5.74, 6) is 1.28. The second kappa shape index (κ2) is 8.50. The van der Waals surface area contributed by atoms with E-state index in [1.54, 1.807) is 43.0 Å². The molecule has 8 heteroatoms. The number of thioether (sulfide) groups is 1. The molecule has 1 aromatic carbocycles. The summed E-state index contributed by atoms with van der Waals surface area (Å²) < 4.78 is 30.8. The smallest absolute Gasteiger partial charge is 0.324 e. The highest BCUT2D eigenvalue weighted by molar-refractivity contribution is 9.10. The summed E-state index contributed by atoms with van der Waals surface area (Å²) in [5.41, 5.74) is 0. The monoisotopic (exact) mass is 421 g/mol. The van der Waals surface area contributed by atoms with Gasteiger partial charge in [0.15, 0.2) is 9.84 Å². The minimum absolute atomic E-state index is 0.00476. The molecule has 1 saturated heterocycles. The molecule has 0 N–H and O–H groups in total. The Kier molecular flexibility index (Phi) is 6.94. The maximum Gasteiger partial charge on any atom is 0.324 e. The average Bonchev–Trinajstić information content (AvgIpc) is 2.54. The lowest BCUT2D eigenvalue weighted by Crippen LogP contribution is -2.49. The molecule has 0 spiro atoms. The van der Waals surface area contributed by atoms with Gasteiger partial charge in [-0.15, -0.1) is 0 Å². The molecule has 0 aliphatic carbocycles. The number of nitrogens with zero attached hydrogens (tertiary/aromatic N) is 1. The van der Waals surface area contributed by atoms with E-state index in [4.69, 9.17) is 4.74 Å². The Morgan fingerprint density at radius 2 is 2.09 bits per heavy atom. The summed E-state index contributed by atoms with van der Waals surface area (Å²) in [6, 6.07) is 6.26. The van der Waals surface area contributed by atoms with Crippen LogP contribution in [-0.2, 0) is 19.4 Å². The highest BCUT2D eigenvalue weighted by Gasteiger charge is 2.31. The number of rotatable bonds is 6. The van der Waals surface area contributed by atoms with Crippen LogP contribution in [0.1, 0.15) is 6.92 Å². The Morgan fingerprint density at radius 1 is 1.39 bits per heavy atom. The molecule has 0 aromatic heterocycles. The number of halogens is 1. The SMILES string of the molecule is CCOC(=O)C1CSCCN1CCS(=O)(=O)c1ccc(Br)cc1. The van der Waals surface area contributed by atoms with Crippen molar-refractivity contribution >= 4 is 43.5 Å². The molecule has 5 nitrogen and oxygen atoms in total. The van der Waals surface area contributed by atoms with Crippen LogP contribution in [-0.4, -0.2) is 62.3 Å². The normalized spacial score (nSPS) is 19.5. The highest BCUT2D eigenvalue weighted by atomic mass is 79.9. The molecule has 0 saturated carbocycles. The van der Waals surface area contributed by atoms with Gasteiger partial charge in [0.2, 0.25) is 0 Å². The minimum atomic E-state index is -3.36. The van der Waals surface area contributed by atoms with Gasteiger partial charge in [0, 0.05) is 29.1 Å². The first-order valence-electron chi connectivity index (χ1n) is 7.41. The molecule has 2 rings (SSSR count). The summed E-state index contributed by atoms with van der Waals surface area (Å²) >= 11 is 4.99. The topological polar surface area (TPSA) is 63.7 Å². The summed E-state index contributed by atoms with van der Waals surface area (Å²) in [6.07, 6.45) is 0. The Hall–Kier alpha value is -0.570. The van der Waals surface area contributed by atoms with Crippen molar-refractivity contribution in [3.8, 4) is 0 Å². The van der Waals surface area contributed by atoms with Crippen LogP contribution in [0, 0.1) is 0 Å². The number of benzene rings is 1. The molecule has 1 aliphatic heterocycles. The van der Waals surface area contributed by atoms with Gasteiger partial charge in [0.05, 0.1) is 17.3 Å². The van der Waals surface area contributed by atoms with Gasteiger partial charge in [-0.05, 0) is 31.2 Å². The van der Waals surface area contributed by atoms with Gasteiger partial charge < -0.3 is 4.74 Å². The van der Waals surface area contributed by atoms with Crippen LogP contribution in [0.15, 0.2) is 33.6 Å². The highest BCUT2D eigenvalue weighted by Crippen LogP contribution is 2.20. The van der Waals surface area contributed by atoms with Crippen LogP contribution in [0.5, 0.6) is 0 Å². The maximum atomic E-state index is 12.4. The molecule has 0 amide bonds. The van der Waals surface area contributed by atoms with Crippen LogP contribution in [0.25, 0.3) is 0 Å². The van der Waals surface area contributed by atoms with Gasteiger partial charge in [-0.25, -0.2) is 8.42 Å². The summed E-state index contributed by atoms with van der Waals surface area (Å²) in [6.45, 7) is 3.15. The van der Waals surface area contributed by atoms with E-state index in [9.17, 15) is 13.2 Å². The fraction of sp³-hybridized carbons (Fsp3) is 0.533. The van der Waals surface area contributed by atoms with Crippen LogP contribution < -0.4 is 0 Å². The van der Waals surface area contributed by atoms with Crippen molar-refractivity contribution in [2.24, 2.45) is 0 Å². The lowest BCUT2D eigenvalue weighted by Gasteiger charge is -2.33. The van der Waals surface area contributed by atoms with Gasteiger partial charge in [-0.2, -0.15) is 11.8 Å². The third-order valence-electron chi connectivity index (χ3n) is 3.62. The third kappa shape index (κ3) is 5.20. The fourth-order valence-corrected chi connectivity index (χ4v) is 4.98. The average molecular weight is 422 g/mol. The summed E-state index contributed by atoms with van der Waals surface area (Å²) in [4.78, 5) is 14.2. The molecule has 23 heavy (non-hydrogen) atoms. The second-order valence-corrected chi connectivity index (χ2v) is 9.33. The first-order chi connectivity index (χ1) is 10.9. The van der Waals surface area contributed by atoms with Crippen molar-refractivity contribution in [3.63, 3.8) is 0 Å². The zero-order valence-corrected chi connectivity index (χ0v) is 16.1. The number of hydrogen-bond acceptors (Lipinski definition) is 6. The van der Waals surface area contributed by atoms with Crippen molar-refractivity contribution in [1.29, 1.82) is 0 Å². The molecule has 0 bridgehead atoms. The molecule has 1 aromatic rings. The van der Waals surface area contributed by atoms with Gasteiger partial charge >= 0.3 is 5.97 Å². The Labute approximate surface area is 149 Å². The molecule has 1 aliphatic rings. The molecule has 0 radical (unpaired) electrons. The van der Waals surface area contributed by atoms with Gasteiger partial charge in [0.1, 0.15) is 6.04 Å². The van der Waals surface area contributed by atoms with E-state index in [1.165, 1.54) is 0 Å². The molecular formula is C15H20BrNO4S2. The zero-order chi connectivity index (χ0) is 16.9. The molecule has 1 unspecified atom stereocenters. The van der Waals surface area contributed by atoms with Crippen LogP contribution in [0.4, 0.5) is 0 Å². The first-order valence-corrected chi connectivity index (χ1v) is 11.0. The molecule has 1 heterocycles. The molecular weight excluding hydrogens is 402 g/mol. The number of esters is 1. The van der Waals surface area contributed by atoms with Crippen molar-refractivity contribution < 1.29 is 17.9 Å². The Bertz CT molecular complexity index is 633. The number of sulfone groups is 1. The molecule has 1 atom stereocenters. The lowest BCUT2D eigenvalue weighted by atomic mass is 10.3. The third-order valence-corrected chi connectivity index (χ3v) is 6.88. The Balaban J connectivity index is 2.02. The van der Waals surface area contributed by atoms with Crippen LogP contribution in [0.2, 0.25) is 0 Å². The van der Waals surface area contributed by atoms with Crippen molar-refractivity contribution in [2.75, 3.05) is 37.0 Å². The molecule has 1 fully saturated rings. The van der Waals surface area contributed by atoms with Crippen LogP contribution in [0.3, 0.4) is 0 Å². The van der Waals surface area contributed by atoms with Crippen molar-refractivity contribution in [2.45, 2.75) is 17.9 Å². The second-order valence-electron chi connectivity index (χ2n) is 5.15. The predicted octanol–water partition coefficient (Wildman–Crippen LogP) is 2.20. The number of carbonyl (C=O) groups is 1. The Morgan fingerprint density at radius 3 is 2.74 bits per heavy atom. The van der Waals surface area contributed by atoms with E-state index >= 15 is 0 Å². The van der Waals surface area contributed by atoms with Crippen LogP contribution >= 0.6 is 27.7 Å². The van der Waals surface area contributed by atoms with E-state index in [-0.39, 0.29) is 17.8 Å². The summed E-state index contributed by atoms with van der Waals surface area (Å²) in [7, 11) is -3.36. The van der Waals surface area contributed by atoms with Gasteiger partial charge in [0.25, 0.3) is 0 Å². The van der Waals surface area contributed by atoms with E-state index < -0.39 is 9.84 Å². The lowest BCUT2D eigenvalue weighted by molar-refractivity contribution is -0.148. The number of ether oxygens (including phenoxy) is 1. The molecule has 128 valence electrons. The van der Waals surface area contributed by atoms with E-state index in [1.807, 2.05) is 4.90 Å². The van der Waals surface area contributed by atoms with Gasteiger partial charge in [-0.3, -0.25) is 9.69 Å². The number of hydrogen-bond donors (Lipinski definition) is 0. The predicted molar refractivity (Wildman–Crippen MR) is 95.5 cm³/mol. The quantitative estimate of drug-likeness (QED) is 0.655. The minimum Gasteiger partial charge on any atom is -0.465 e. The standard InChI is InChI=1S/C15H20BrNO4S2/c1-2-21-15(18)14-11-22-9-7-17(14)8-10-23(19,20)13-5-3-12(16)4-6-13/h3-6,14H,2,7-11H2,1H3. The van der Waals surface area contributed by atoms with Crippen molar-refractivity contribution in [3.05, 3.63) is 28.7 Å². The van der Waals surface area contributed by atoms with Crippen molar-refractivity contribution in [1.82, 2.24) is 4.90 Å². The largest absolute Gasteiger partial charge is 0.465 e. The summed E-state index contributed by atoms with van der Waals surface area (Å²) in [5, 5.41) is 0. The van der Waals surface area contributed by atoms with E-state index in [2.05, 4.69) is 15.9 Å².